The van der Waals surface area contributed by atoms with Gasteiger partial charge in [0.2, 0.25) is 0 Å². The van der Waals surface area contributed by atoms with Crippen molar-refractivity contribution in [2.24, 2.45) is 5.92 Å². The Hall–Kier alpha value is -2.14. The zero-order chi connectivity index (χ0) is 16.5. The molecule has 1 saturated carbocycles. The monoisotopic (exact) mass is 340 g/mol. The van der Waals surface area contributed by atoms with Gasteiger partial charge in [0.1, 0.15) is 0 Å². The zero-order valence-corrected chi connectivity index (χ0v) is 14.4. The SMILES string of the molecule is CC1CCCC(NC(=O)c2ccc(-c3nc4ccccc4s3)o2)C1. The van der Waals surface area contributed by atoms with Crippen molar-refractivity contribution in [3.63, 3.8) is 0 Å². The summed E-state index contributed by atoms with van der Waals surface area (Å²) in [5.41, 5.74) is 0.955. The van der Waals surface area contributed by atoms with Crippen LogP contribution in [-0.4, -0.2) is 16.9 Å². The van der Waals surface area contributed by atoms with Crippen molar-refractivity contribution in [1.82, 2.24) is 10.3 Å². The third-order valence-electron chi connectivity index (χ3n) is 4.61. The van der Waals surface area contributed by atoms with Gasteiger partial charge in [-0.3, -0.25) is 4.79 Å². The molecule has 0 aliphatic heterocycles. The number of carbonyl (C=O) groups is 1. The first-order valence-corrected chi connectivity index (χ1v) is 9.27. The minimum atomic E-state index is -0.124. The standard InChI is InChI=1S/C19H20N2O2S/c1-12-5-4-6-13(11-12)20-18(22)15-9-10-16(23-15)19-21-14-7-2-3-8-17(14)24-19/h2-3,7-10,12-13H,4-6,11H2,1H3,(H,20,22). The first kappa shape index (κ1) is 15.4. The largest absolute Gasteiger partial charge is 0.448 e. The number of nitrogens with zero attached hydrogens (tertiary/aromatic N) is 1. The summed E-state index contributed by atoms with van der Waals surface area (Å²) in [6.45, 7) is 2.25. The van der Waals surface area contributed by atoms with E-state index in [1.54, 1.807) is 17.4 Å². The maximum Gasteiger partial charge on any atom is 0.287 e. The number of hydrogen-bond acceptors (Lipinski definition) is 4. The van der Waals surface area contributed by atoms with Gasteiger partial charge in [-0.1, -0.05) is 31.9 Å². The van der Waals surface area contributed by atoms with Gasteiger partial charge in [0.25, 0.3) is 5.91 Å². The molecule has 0 spiro atoms. The molecule has 0 radical (unpaired) electrons. The zero-order valence-electron chi connectivity index (χ0n) is 13.6. The summed E-state index contributed by atoms with van der Waals surface area (Å²) in [6.07, 6.45) is 4.55. The lowest BCUT2D eigenvalue weighted by Gasteiger charge is -2.27. The van der Waals surface area contributed by atoms with Gasteiger partial charge in [0.05, 0.1) is 10.2 Å². The molecule has 2 unspecified atom stereocenters. The highest BCUT2D eigenvalue weighted by Crippen LogP contribution is 2.31. The molecule has 1 aliphatic rings. The number of benzene rings is 1. The highest BCUT2D eigenvalue weighted by atomic mass is 32.1. The lowest BCUT2D eigenvalue weighted by atomic mass is 9.87. The second-order valence-corrected chi connectivity index (χ2v) is 7.62. The second kappa shape index (κ2) is 6.40. The Labute approximate surface area is 144 Å². The van der Waals surface area contributed by atoms with Crippen LogP contribution in [0.25, 0.3) is 21.0 Å². The summed E-state index contributed by atoms with van der Waals surface area (Å²) in [4.78, 5) is 17.0. The molecule has 3 aromatic rings. The van der Waals surface area contributed by atoms with Crippen molar-refractivity contribution < 1.29 is 9.21 Å². The Balaban J connectivity index is 1.50. The predicted molar refractivity (Wildman–Crippen MR) is 96.2 cm³/mol. The Morgan fingerprint density at radius 1 is 1.25 bits per heavy atom. The van der Waals surface area contributed by atoms with Crippen LogP contribution in [0.4, 0.5) is 0 Å². The molecule has 124 valence electrons. The van der Waals surface area contributed by atoms with E-state index in [2.05, 4.69) is 17.2 Å². The summed E-state index contributed by atoms with van der Waals surface area (Å²) in [6, 6.07) is 11.8. The molecular formula is C19H20N2O2S. The number of nitrogens with one attached hydrogen (secondary N) is 1. The molecule has 1 amide bonds. The third kappa shape index (κ3) is 3.08. The molecule has 2 atom stereocenters. The topological polar surface area (TPSA) is 55.1 Å². The molecule has 2 heterocycles. The molecule has 0 bridgehead atoms. The first-order valence-electron chi connectivity index (χ1n) is 8.45. The van der Waals surface area contributed by atoms with Crippen molar-refractivity contribution in [2.45, 2.75) is 38.6 Å². The van der Waals surface area contributed by atoms with E-state index in [0.29, 0.717) is 17.4 Å². The number of carbonyl (C=O) groups excluding carboxylic acids is 1. The van der Waals surface area contributed by atoms with E-state index < -0.39 is 0 Å². The summed E-state index contributed by atoms with van der Waals surface area (Å²) >= 11 is 1.57. The van der Waals surface area contributed by atoms with Crippen molar-refractivity contribution in [3.05, 3.63) is 42.2 Å². The van der Waals surface area contributed by atoms with Gasteiger partial charge in [-0.2, -0.15) is 0 Å². The lowest BCUT2D eigenvalue weighted by molar-refractivity contribution is 0.0894. The van der Waals surface area contributed by atoms with Gasteiger partial charge in [-0.05, 0) is 43.0 Å². The van der Waals surface area contributed by atoms with Gasteiger partial charge in [-0.25, -0.2) is 4.98 Å². The maximum atomic E-state index is 12.4. The van der Waals surface area contributed by atoms with Crippen LogP contribution in [0.2, 0.25) is 0 Å². The number of furan rings is 1. The normalized spacial score (nSPS) is 21.0. The maximum absolute atomic E-state index is 12.4. The fourth-order valence-electron chi connectivity index (χ4n) is 3.37. The molecule has 1 aliphatic carbocycles. The number of para-hydroxylation sites is 1. The molecule has 5 heteroatoms. The van der Waals surface area contributed by atoms with Crippen LogP contribution in [-0.2, 0) is 0 Å². The van der Waals surface area contributed by atoms with Crippen molar-refractivity contribution in [3.8, 4) is 10.8 Å². The minimum Gasteiger partial charge on any atom is -0.448 e. The average molecular weight is 340 g/mol. The summed E-state index contributed by atoms with van der Waals surface area (Å²) in [5.74, 6) is 1.57. The van der Waals surface area contributed by atoms with Gasteiger partial charge < -0.3 is 9.73 Å². The molecule has 4 nitrogen and oxygen atoms in total. The second-order valence-electron chi connectivity index (χ2n) is 6.59. The number of hydrogen-bond donors (Lipinski definition) is 1. The fraction of sp³-hybridized carbons (Fsp3) is 0.368. The Morgan fingerprint density at radius 3 is 2.96 bits per heavy atom. The van der Waals surface area contributed by atoms with E-state index in [0.717, 1.165) is 28.1 Å². The van der Waals surface area contributed by atoms with Crippen LogP contribution in [0.1, 0.15) is 43.2 Å². The summed E-state index contributed by atoms with van der Waals surface area (Å²) in [7, 11) is 0. The minimum absolute atomic E-state index is 0.124. The molecule has 1 fully saturated rings. The smallest absolute Gasteiger partial charge is 0.287 e. The number of thiazole rings is 1. The van der Waals surface area contributed by atoms with Crippen molar-refractivity contribution in [2.75, 3.05) is 0 Å². The average Bonchev–Trinajstić information content (AvgIpc) is 3.21. The summed E-state index contributed by atoms with van der Waals surface area (Å²) < 4.78 is 6.88. The molecule has 24 heavy (non-hydrogen) atoms. The molecule has 0 saturated heterocycles. The molecule has 2 aromatic heterocycles. The Bertz CT molecular complexity index is 834. The van der Waals surface area contributed by atoms with Crippen LogP contribution < -0.4 is 5.32 Å². The summed E-state index contributed by atoms with van der Waals surface area (Å²) in [5, 5.41) is 3.91. The Morgan fingerprint density at radius 2 is 2.12 bits per heavy atom. The Kier molecular flexibility index (Phi) is 4.10. The molecular weight excluding hydrogens is 320 g/mol. The van der Waals surface area contributed by atoms with Crippen LogP contribution in [0, 0.1) is 5.92 Å². The number of rotatable bonds is 3. The number of amides is 1. The number of fused-ring (bicyclic) bond motifs is 1. The first-order chi connectivity index (χ1) is 11.7. The highest BCUT2D eigenvalue weighted by molar-refractivity contribution is 7.21. The van der Waals surface area contributed by atoms with Gasteiger partial charge in [-0.15, -0.1) is 11.3 Å². The van der Waals surface area contributed by atoms with E-state index in [9.17, 15) is 4.79 Å². The number of aromatic nitrogens is 1. The van der Waals surface area contributed by atoms with E-state index >= 15 is 0 Å². The molecule has 4 rings (SSSR count). The van der Waals surface area contributed by atoms with E-state index in [1.165, 1.54) is 12.8 Å². The fourth-order valence-corrected chi connectivity index (χ4v) is 4.30. The van der Waals surface area contributed by atoms with Gasteiger partial charge in [0.15, 0.2) is 16.5 Å². The lowest BCUT2D eigenvalue weighted by Crippen LogP contribution is -2.37. The van der Waals surface area contributed by atoms with Crippen molar-refractivity contribution in [1.29, 1.82) is 0 Å². The van der Waals surface area contributed by atoms with Crippen LogP contribution >= 0.6 is 11.3 Å². The highest BCUT2D eigenvalue weighted by Gasteiger charge is 2.22. The molecule has 1 aromatic carbocycles. The third-order valence-corrected chi connectivity index (χ3v) is 5.66. The van der Waals surface area contributed by atoms with E-state index in [1.807, 2.05) is 30.3 Å². The van der Waals surface area contributed by atoms with E-state index in [-0.39, 0.29) is 11.9 Å². The van der Waals surface area contributed by atoms with Crippen LogP contribution in [0.5, 0.6) is 0 Å². The molecule has 1 N–H and O–H groups in total. The van der Waals surface area contributed by atoms with Gasteiger partial charge >= 0.3 is 0 Å². The van der Waals surface area contributed by atoms with Crippen LogP contribution in [0.15, 0.2) is 40.8 Å². The quantitative estimate of drug-likeness (QED) is 0.740. The van der Waals surface area contributed by atoms with E-state index in [4.69, 9.17) is 4.42 Å². The van der Waals surface area contributed by atoms with Crippen molar-refractivity contribution >= 4 is 27.5 Å². The van der Waals surface area contributed by atoms with Crippen LogP contribution in [0.3, 0.4) is 0 Å². The predicted octanol–water partition coefficient (Wildman–Crippen LogP) is 4.86. The van der Waals surface area contributed by atoms with Gasteiger partial charge in [0, 0.05) is 6.04 Å².